The molecule has 4 nitrogen and oxygen atoms in total. The van der Waals surface area contributed by atoms with E-state index in [1.165, 1.54) is 13.1 Å². The molecule has 0 aliphatic carbocycles. The number of likely N-dealkylation sites (N-methyl/N-ethyl adjacent to an activating group) is 1. The van der Waals surface area contributed by atoms with E-state index in [9.17, 15) is 0 Å². The minimum Gasteiger partial charge on any atom is -0.301 e. The van der Waals surface area contributed by atoms with E-state index in [1.807, 2.05) is 0 Å². The number of nitriles is 1. The van der Waals surface area contributed by atoms with Crippen molar-refractivity contribution in [1.29, 1.82) is 5.26 Å². The standard InChI is InChI=1S/C13H26N4/c1-4-16-7-9-17(10-8-16)6-5-13(11-14)15-12(2)3/h12-13,15H,4-10H2,1-3H3. The van der Waals surface area contributed by atoms with Crippen LogP contribution in [0, 0.1) is 11.3 Å². The first-order chi connectivity index (χ1) is 8.15. The van der Waals surface area contributed by atoms with Crippen molar-refractivity contribution in [3.8, 4) is 6.07 Å². The van der Waals surface area contributed by atoms with Crippen molar-refractivity contribution in [3.05, 3.63) is 0 Å². The smallest absolute Gasteiger partial charge is 0.0967 e. The van der Waals surface area contributed by atoms with Gasteiger partial charge in [0.15, 0.2) is 0 Å². The van der Waals surface area contributed by atoms with E-state index in [4.69, 9.17) is 5.26 Å². The summed E-state index contributed by atoms with van der Waals surface area (Å²) in [5.74, 6) is 0. The van der Waals surface area contributed by atoms with Crippen molar-refractivity contribution in [1.82, 2.24) is 15.1 Å². The molecule has 1 aliphatic heterocycles. The maximum Gasteiger partial charge on any atom is 0.0967 e. The average Bonchev–Trinajstić information content (AvgIpc) is 2.34. The second-order valence-electron chi connectivity index (χ2n) is 5.07. The Kier molecular flexibility index (Phi) is 6.49. The number of hydrogen-bond donors (Lipinski definition) is 1. The van der Waals surface area contributed by atoms with E-state index in [2.05, 4.69) is 42.0 Å². The quantitative estimate of drug-likeness (QED) is 0.747. The summed E-state index contributed by atoms with van der Waals surface area (Å²) in [5.41, 5.74) is 0. The molecule has 0 aromatic heterocycles. The predicted molar refractivity (Wildman–Crippen MR) is 70.8 cm³/mol. The molecule has 1 rings (SSSR count). The molecule has 1 aliphatic rings. The highest BCUT2D eigenvalue weighted by Crippen LogP contribution is 2.03. The second-order valence-corrected chi connectivity index (χ2v) is 5.07. The predicted octanol–water partition coefficient (Wildman–Crippen LogP) is 0.904. The van der Waals surface area contributed by atoms with Crippen LogP contribution in [0.15, 0.2) is 0 Å². The molecule has 1 saturated heterocycles. The Balaban J connectivity index is 2.20. The van der Waals surface area contributed by atoms with Gasteiger partial charge in [-0.15, -0.1) is 0 Å². The zero-order chi connectivity index (χ0) is 12.7. The fraction of sp³-hybridized carbons (Fsp3) is 0.923. The molecular formula is C13H26N4. The molecule has 1 N–H and O–H groups in total. The third-order valence-electron chi connectivity index (χ3n) is 3.34. The third kappa shape index (κ3) is 5.49. The van der Waals surface area contributed by atoms with Crippen LogP contribution in [0.2, 0.25) is 0 Å². The molecule has 0 bridgehead atoms. The minimum absolute atomic E-state index is 0.000736. The van der Waals surface area contributed by atoms with E-state index in [0.717, 1.165) is 32.6 Å². The Hall–Kier alpha value is -0.630. The van der Waals surface area contributed by atoms with Gasteiger partial charge >= 0.3 is 0 Å². The lowest BCUT2D eigenvalue weighted by Gasteiger charge is -2.34. The van der Waals surface area contributed by atoms with Crippen LogP contribution in [0.25, 0.3) is 0 Å². The van der Waals surface area contributed by atoms with E-state index >= 15 is 0 Å². The topological polar surface area (TPSA) is 42.3 Å². The molecule has 4 heteroatoms. The summed E-state index contributed by atoms with van der Waals surface area (Å²) in [6, 6.07) is 2.73. The van der Waals surface area contributed by atoms with Crippen LogP contribution >= 0.6 is 0 Å². The third-order valence-corrected chi connectivity index (χ3v) is 3.34. The maximum atomic E-state index is 9.05. The molecule has 1 unspecified atom stereocenters. The van der Waals surface area contributed by atoms with E-state index in [0.29, 0.717) is 6.04 Å². The monoisotopic (exact) mass is 238 g/mol. The summed E-state index contributed by atoms with van der Waals surface area (Å²) in [6.45, 7) is 13.2. The van der Waals surface area contributed by atoms with E-state index < -0.39 is 0 Å². The Morgan fingerprint density at radius 2 is 1.76 bits per heavy atom. The summed E-state index contributed by atoms with van der Waals surface area (Å²) in [6.07, 6.45) is 0.931. The van der Waals surface area contributed by atoms with Crippen molar-refractivity contribution in [2.24, 2.45) is 0 Å². The Morgan fingerprint density at radius 3 is 2.24 bits per heavy atom. The van der Waals surface area contributed by atoms with Crippen LogP contribution in [0.5, 0.6) is 0 Å². The van der Waals surface area contributed by atoms with Gasteiger partial charge in [-0.1, -0.05) is 6.92 Å². The Morgan fingerprint density at radius 1 is 1.18 bits per heavy atom. The molecule has 0 aromatic carbocycles. The molecule has 98 valence electrons. The summed E-state index contributed by atoms with van der Waals surface area (Å²) in [7, 11) is 0. The summed E-state index contributed by atoms with van der Waals surface area (Å²) < 4.78 is 0. The normalized spacial score (nSPS) is 20.4. The van der Waals surface area contributed by atoms with Crippen LogP contribution in [0.1, 0.15) is 27.2 Å². The van der Waals surface area contributed by atoms with Gasteiger partial charge in [-0.2, -0.15) is 5.26 Å². The van der Waals surface area contributed by atoms with Crippen LogP contribution in [0.3, 0.4) is 0 Å². The zero-order valence-electron chi connectivity index (χ0n) is 11.4. The van der Waals surface area contributed by atoms with Gasteiger partial charge < -0.3 is 9.80 Å². The number of piperazine rings is 1. The van der Waals surface area contributed by atoms with Crippen molar-refractivity contribution in [3.63, 3.8) is 0 Å². The first kappa shape index (κ1) is 14.4. The molecule has 1 fully saturated rings. The minimum atomic E-state index is -0.000736. The Bertz CT molecular complexity index is 238. The molecular weight excluding hydrogens is 212 g/mol. The van der Waals surface area contributed by atoms with Gasteiger partial charge in [0.25, 0.3) is 0 Å². The highest BCUT2D eigenvalue weighted by molar-refractivity contribution is 4.91. The maximum absolute atomic E-state index is 9.05. The van der Waals surface area contributed by atoms with Crippen LogP contribution < -0.4 is 5.32 Å². The first-order valence-corrected chi connectivity index (χ1v) is 6.76. The largest absolute Gasteiger partial charge is 0.301 e. The summed E-state index contributed by atoms with van der Waals surface area (Å²) in [4.78, 5) is 4.95. The first-order valence-electron chi connectivity index (χ1n) is 6.76. The number of nitrogens with one attached hydrogen (secondary N) is 1. The fourth-order valence-corrected chi connectivity index (χ4v) is 2.23. The molecule has 1 heterocycles. The van der Waals surface area contributed by atoms with Crippen molar-refractivity contribution in [2.75, 3.05) is 39.3 Å². The van der Waals surface area contributed by atoms with Crippen LogP contribution in [0.4, 0.5) is 0 Å². The van der Waals surface area contributed by atoms with Crippen LogP contribution in [-0.4, -0.2) is 61.2 Å². The average molecular weight is 238 g/mol. The van der Waals surface area contributed by atoms with Gasteiger partial charge in [-0.3, -0.25) is 5.32 Å². The van der Waals surface area contributed by atoms with Crippen molar-refractivity contribution >= 4 is 0 Å². The van der Waals surface area contributed by atoms with Gasteiger partial charge in [0.1, 0.15) is 0 Å². The number of nitrogens with zero attached hydrogens (tertiary/aromatic N) is 3. The van der Waals surface area contributed by atoms with Crippen LogP contribution in [-0.2, 0) is 0 Å². The van der Waals surface area contributed by atoms with Gasteiger partial charge in [0, 0.05) is 38.8 Å². The summed E-state index contributed by atoms with van der Waals surface area (Å²) >= 11 is 0. The molecule has 0 spiro atoms. The summed E-state index contributed by atoms with van der Waals surface area (Å²) in [5, 5.41) is 12.3. The fourth-order valence-electron chi connectivity index (χ4n) is 2.23. The van der Waals surface area contributed by atoms with Gasteiger partial charge in [0.05, 0.1) is 12.1 Å². The molecule has 1 atom stereocenters. The van der Waals surface area contributed by atoms with Gasteiger partial charge in [-0.25, -0.2) is 0 Å². The lowest BCUT2D eigenvalue weighted by atomic mass is 10.2. The van der Waals surface area contributed by atoms with Gasteiger partial charge in [-0.05, 0) is 26.8 Å². The zero-order valence-corrected chi connectivity index (χ0v) is 11.4. The molecule has 0 radical (unpaired) electrons. The van der Waals surface area contributed by atoms with E-state index in [-0.39, 0.29) is 6.04 Å². The molecule has 0 aromatic rings. The molecule has 0 amide bonds. The lowest BCUT2D eigenvalue weighted by Crippen LogP contribution is -2.47. The van der Waals surface area contributed by atoms with E-state index in [1.54, 1.807) is 0 Å². The van der Waals surface area contributed by atoms with Crippen molar-refractivity contribution in [2.45, 2.75) is 39.3 Å². The second kappa shape index (κ2) is 7.65. The number of hydrogen-bond acceptors (Lipinski definition) is 4. The van der Waals surface area contributed by atoms with Gasteiger partial charge in [0.2, 0.25) is 0 Å². The number of rotatable bonds is 6. The molecule has 0 saturated carbocycles. The molecule has 17 heavy (non-hydrogen) atoms. The highest BCUT2D eigenvalue weighted by atomic mass is 15.3. The van der Waals surface area contributed by atoms with Crippen molar-refractivity contribution < 1.29 is 0 Å². The lowest BCUT2D eigenvalue weighted by molar-refractivity contribution is 0.134. The SMILES string of the molecule is CCN1CCN(CCC(C#N)NC(C)C)CC1. The highest BCUT2D eigenvalue weighted by Gasteiger charge is 2.17. The Labute approximate surface area is 106 Å².